The molecule has 2 rings (SSSR count). The van der Waals surface area contributed by atoms with Crippen molar-refractivity contribution in [1.82, 2.24) is 4.98 Å². The third-order valence-corrected chi connectivity index (χ3v) is 5.23. The molecule has 0 saturated heterocycles. The number of nitrogens with zero attached hydrogens (tertiary/aromatic N) is 2. The van der Waals surface area contributed by atoms with Crippen LogP contribution in [-0.4, -0.2) is 21.8 Å². The molecule has 0 saturated carbocycles. The molecule has 0 radical (unpaired) electrons. The highest BCUT2D eigenvalue weighted by atomic mass is 35.5. The second kappa shape index (κ2) is 6.03. The Hall–Kier alpha value is -0.970. The maximum absolute atomic E-state index is 13.4. The number of rotatable bonds is 2. The summed E-state index contributed by atoms with van der Waals surface area (Å²) >= 11 is 11.9. The average molecular weight is 345 g/mol. The van der Waals surface area contributed by atoms with E-state index in [9.17, 15) is 4.39 Å². The van der Waals surface area contributed by atoms with Crippen LogP contribution in [0.1, 0.15) is 26.3 Å². The standard InChI is InChI=1S/C15H15Cl2FN2S/c1-15(2,3)21(4)19-8-10-5-9-6-11(16)12(18)7-13(9)20-14(10)17/h5-8H,4H2,1-3H3. The number of hydrogen-bond donors (Lipinski definition) is 0. The van der Waals surface area contributed by atoms with Gasteiger partial charge < -0.3 is 0 Å². The molecule has 0 fully saturated rings. The maximum Gasteiger partial charge on any atom is 0.143 e. The molecule has 0 spiro atoms. The van der Waals surface area contributed by atoms with Gasteiger partial charge in [0.1, 0.15) is 11.0 Å². The summed E-state index contributed by atoms with van der Waals surface area (Å²) in [4.78, 5) is 4.18. The first-order valence-corrected chi connectivity index (χ1v) is 8.33. The van der Waals surface area contributed by atoms with Gasteiger partial charge in [-0.2, -0.15) is 0 Å². The zero-order chi connectivity index (χ0) is 15.8. The van der Waals surface area contributed by atoms with Gasteiger partial charge in [-0.25, -0.2) is 13.8 Å². The van der Waals surface area contributed by atoms with E-state index in [1.165, 1.54) is 12.1 Å². The predicted octanol–water partition coefficient (Wildman–Crippen LogP) is 5.51. The predicted molar refractivity (Wildman–Crippen MR) is 93.8 cm³/mol. The molecular formula is C15H15Cl2FN2S. The van der Waals surface area contributed by atoms with Crippen molar-refractivity contribution in [2.45, 2.75) is 25.5 Å². The fraction of sp³-hybridized carbons (Fsp3) is 0.267. The Balaban J connectivity index is 2.46. The molecule has 0 aliphatic rings. The van der Waals surface area contributed by atoms with E-state index in [1.807, 2.05) is 0 Å². The lowest BCUT2D eigenvalue weighted by Gasteiger charge is -2.18. The van der Waals surface area contributed by atoms with Crippen molar-refractivity contribution in [1.29, 1.82) is 0 Å². The topological polar surface area (TPSA) is 25.2 Å². The number of benzene rings is 1. The molecule has 1 aromatic carbocycles. The molecule has 6 heteroatoms. The number of halogens is 3. The van der Waals surface area contributed by atoms with Crippen LogP contribution in [0, 0.1) is 5.82 Å². The fourth-order valence-corrected chi connectivity index (χ4v) is 2.45. The van der Waals surface area contributed by atoms with Gasteiger partial charge in [-0.1, -0.05) is 39.7 Å². The van der Waals surface area contributed by atoms with Crippen LogP contribution in [0.15, 0.2) is 22.6 Å². The molecule has 1 atom stereocenters. The van der Waals surface area contributed by atoms with Gasteiger partial charge in [-0.3, -0.25) is 0 Å². The van der Waals surface area contributed by atoms with Crippen molar-refractivity contribution in [2.24, 2.45) is 4.40 Å². The van der Waals surface area contributed by atoms with Crippen LogP contribution in [0.25, 0.3) is 10.9 Å². The van der Waals surface area contributed by atoms with E-state index in [1.54, 1.807) is 12.3 Å². The quantitative estimate of drug-likeness (QED) is 0.400. The van der Waals surface area contributed by atoms with E-state index in [-0.39, 0.29) is 14.9 Å². The Bertz CT molecular complexity index is 751. The third kappa shape index (κ3) is 3.82. The van der Waals surface area contributed by atoms with E-state index in [0.717, 1.165) is 0 Å². The first-order chi connectivity index (χ1) is 9.68. The molecule has 2 aromatic rings. The summed E-state index contributed by atoms with van der Waals surface area (Å²) in [6.07, 6.45) is 1.66. The summed E-state index contributed by atoms with van der Waals surface area (Å²) in [6.45, 7) is 6.22. The summed E-state index contributed by atoms with van der Waals surface area (Å²) in [5, 5.41) is 1.05. The minimum Gasteiger partial charge on any atom is -0.235 e. The van der Waals surface area contributed by atoms with E-state index < -0.39 is 16.5 Å². The largest absolute Gasteiger partial charge is 0.235 e. The molecule has 2 nitrogen and oxygen atoms in total. The lowest BCUT2D eigenvalue weighted by molar-refractivity contribution is 0.630. The van der Waals surface area contributed by atoms with Gasteiger partial charge in [0.15, 0.2) is 0 Å². The van der Waals surface area contributed by atoms with E-state index in [2.05, 4.69) is 36.0 Å². The monoisotopic (exact) mass is 344 g/mol. The second-order valence-electron chi connectivity index (χ2n) is 5.54. The van der Waals surface area contributed by atoms with Crippen molar-refractivity contribution in [3.05, 3.63) is 39.8 Å². The molecule has 21 heavy (non-hydrogen) atoms. The molecule has 1 heterocycles. The van der Waals surface area contributed by atoms with Crippen LogP contribution in [0.3, 0.4) is 0 Å². The maximum atomic E-state index is 13.4. The number of fused-ring (bicyclic) bond motifs is 1. The van der Waals surface area contributed by atoms with E-state index in [4.69, 9.17) is 23.2 Å². The molecule has 0 bridgehead atoms. The van der Waals surface area contributed by atoms with Crippen molar-refractivity contribution < 1.29 is 4.39 Å². The number of aromatic nitrogens is 1. The zero-order valence-electron chi connectivity index (χ0n) is 12.0. The molecule has 112 valence electrons. The molecular weight excluding hydrogens is 330 g/mol. The lowest BCUT2D eigenvalue weighted by Crippen LogP contribution is -2.08. The van der Waals surface area contributed by atoms with Crippen LogP contribution in [-0.2, 0) is 0 Å². The zero-order valence-corrected chi connectivity index (χ0v) is 14.3. The van der Waals surface area contributed by atoms with Gasteiger partial charge in [0, 0.05) is 28.0 Å². The summed E-state index contributed by atoms with van der Waals surface area (Å²) < 4.78 is 17.8. The lowest BCUT2D eigenvalue weighted by atomic mass is 10.1. The van der Waals surface area contributed by atoms with Crippen LogP contribution in [0.2, 0.25) is 10.2 Å². The van der Waals surface area contributed by atoms with Gasteiger partial charge in [0.25, 0.3) is 0 Å². The van der Waals surface area contributed by atoms with Gasteiger partial charge >= 0.3 is 0 Å². The molecule has 0 aliphatic carbocycles. The van der Waals surface area contributed by atoms with Gasteiger partial charge in [0.2, 0.25) is 0 Å². The molecule has 0 aliphatic heterocycles. The normalized spacial score (nSPS) is 14.0. The van der Waals surface area contributed by atoms with Crippen molar-refractivity contribution in [3.8, 4) is 0 Å². The Morgan fingerprint density at radius 3 is 2.57 bits per heavy atom. The summed E-state index contributed by atoms with van der Waals surface area (Å²) in [5.74, 6) is 3.52. The molecule has 0 N–H and O–H groups in total. The minimum absolute atomic E-state index is 0.0142. The van der Waals surface area contributed by atoms with Crippen molar-refractivity contribution in [2.75, 3.05) is 0 Å². The average Bonchev–Trinajstić information content (AvgIpc) is 2.37. The third-order valence-electron chi connectivity index (χ3n) is 2.86. The summed E-state index contributed by atoms with van der Waals surface area (Å²) in [7, 11) is -0.391. The fourth-order valence-electron chi connectivity index (χ4n) is 1.53. The first kappa shape index (κ1) is 16.4. The van der Waals surface area contributed by atoms with E-state index in [0.29, 0.717) is 16.5 Å². The highest BCUT2D eigenvalue weighted by Crippen LogP contribution is 2.31. The number of hydrogen-bond acceptors (Lipinski definition) is 2. The van der Waals surface area contributed by atoms with Crippen LogP contribution >= 0.6 is 33.9 Å². The number of pyridine rings is 1. The first-order valence-electron chi connectivity index (χ1n) is 6.22. The summed E-state index contributed by atoms with van der Waals surface area (Å²) in [5.41, 5.74) is 1.13. The van der Waals surface area contributed by atoms with Gasteiger partial charge in [-0.15, -0.1) is 0 Å². The molecule has 1 aromatic heterocycles. The van der Waals surface area contributed by atoms with Gasteiger partial charge in [0.05, 0.1) is 10.5 Å². The minimum atomic E-state index is -0.513. The van der Waals surface area contributed by atoms with Crippen LogP contribution in [0.5, 0.6) is 0 Å². The summed E-state index contributed by atoms with van der Waals surface area (Å²) in [6, 6.07) is 4.59. The van der Waals surface area contributed by atoms with Crippen molar-refractivity contribution >= 4 is 56.9 Å². The Morgan fingerprint density at radius 1 is 1.29 bits per heavy atom. The Labute approximate surface area is 136 Å². The molecule has 0 amide bonds. The highest BCUT2D eigenvalue weighted by Gasteiger charge is 2.13. The Morgan fingerprint density at radius 2 is 1.95 bits per heavy atom. The highest BCUT2D eigenvalue weighted by molar-refractivity contribution is 8.14. The van der Waals surface area contributed by atoms with Crippen LogP contribution in [0.4, 0.5) is 4.39 Å². The molecule has 1 unspecified atom stereocenters. The van der Waals surface area contributed by atoms with E-state index >= 15 is 0 Å². The SMILES string of the molecule is C=S(N=Cc1cc2cc(Cl)c(F)cc2nc1Cl)C(C)(C)C. The van der Waals surface area contributed by atoms with Crippen LogP contribution < -0.4 is 0 Å². The smallest absolute Gasteiger partial charge is 0.143 e. The Kier molecular flexibility index (Phi) is 4.71. The second-order valence-corrected chi connectivity index (χ2v) is 8.47. The van der Waals surface area contributed by atoms with Gasteiger partial charge in [-0.05, 0) is 32.9 Å². The van der Waals surface area contributed by atoms with Crippen molar-refractivity contribution in [3.63, 3.8) is 0 Å².